The van der Waals surface area contributed by atoms with Crippen LogP contribution < -0.4 is 5.32 Å². The summed E-state index contributed by atoms with van der Waals surface area (Å²) < 4.78 is 31.7. The van der Waals surface area contributed by atoms with Gasteiger partial charge in [-0.2, -0.15) is 13.2 Å². The smallest absolute Gasteiger partial charge is 0.475 e. The monoisotopic (exact) mass is 502 g/mol. The van der Waals surface area contributed by atoms with Crippen molar-refractivity contribution in [1.29, 1.82) is 0 Å². The van der Waals surface area contributed by atoms with Crippen molar-refractivity contribution in [2.24, 2.45) is 5.92 Å². The molecule has 1 aromatic heterocycles. The van der Waals surface area contributed by atoms with Crippen LogP contribution in [0.15, 0.2) is 24.4 Å². The Kier molecular flexibility index (Phi) is 7.77. The molecular weight excluding hydrogens is 473 g/mol. The average molecular weight is 503 g/mol. The van der Waals surface area contributed by atoms with Crippen molar-refractivity contribution >= 4 is 34.4 Å². The first-order chi connectivity index (χ1) is 15.8. The first-order valence-corrected chi connectivity index (χ1v) is 11.6. The number of hydrogen-bond donors (Lipinski definition) is 3. The third-order valence-electron chi connectivity index (χ3n) is 6.38. The van der Waals surface area contributed by atoms with Crippen molar-refractivity contribution in [2.45, 2.75) is 76.1 Å². The Balaban J connectivity index is 0.000000476. The van der Waals surface area contributed by atoms with Crippen LogP contribution in [0.4, 0.5) is 13.2 Å². The molecule has 1 aromatic carbocycles. The number of carboxylic acid groups (broad SMARTS) is 1. The van der Waals surface area contributed by atoms with Gasteiger partial charge in [0.05, 0.1) is 16.7 Å². The number of nitrogens with one attached hydrogen (secondary N) is 1. The number of fused-ring (bicyclic) bond motifs is 1. The maximum Gasteiger partial charge on any atom is 0.490 e. The van der Waals surface area contributed by atoms with Gasteiger partial charge < -0.3 is 15.5 Å². The molecule has 0 bridgehead atoms. The molecule has 188 valence electrons. The van der Waals surface area contributed by atoms with E-state index in [0.29, 0.717) is 17.4 Å². The Morgan fingerprint density at radius 3 is 2.18 bits per heavy atom. The van der Waals surface area contributed by atoms with E-state index in [0.717, 1.165) is 41.6 Å². The van der Waals surface area contributed by atoms with Crippen molar-refractivity contribution in [3.05, 3.63) is 40.5 Å². The molecule has 2 fully saturated rings. The third-order valence-corrected chi connectivity index (χ3v) is 6.71. The van der Waals surface area contributed by atoms with Crippen LogP contribution >= 0.6 is 11.6 Å². The maximum absolute atomic E-state index is 12.7. The SMILES string of the molecule is CC(C)(O)C1CCC(NC(=O)c2cnc3cc(C4CC4)c(Cl)cc3c2)CC1.O=C(O)C(F)(F)F.[HH]. The lowest BCUT2D eigenvalue weighted by Gasteiger charge is -2.36. The molecule has 0 saturated heterocycles. The number of aliphatic carboxylic acids is 1. The van der Waals surface area contributed by atoms with Gasteiger partial charge in [0.2, 0.25) is 0 Å². The Hall–Kier alpha value is -2.39. The van der Waals surface area contributed by atoms with Gasteiger partial charge >= 0.3 is 12.1 Å². The fourth-order valence-corrected chi connectivity index (χ4v) is 4.54. The molecule has 2 saturated carbocycles. The van der Waals surface area contributed by atoms with Crippen LogP contribution in [0.3, 0.4) is 0 Å². The van der Waals surface area contributed by atoms with Gasteiger partial charge in [-0.05, 0) is 88.0 Å². The molecule has 4 rings (SSSR count). The number of rotatable bonds is 4. The summed E-state index contributed by atoms with van der Waals surface area (Å²) in [5.41, 5.74) is 2.00. The van der Waals surface area contributed by atoms with Gasteiger partial charge in [0.25, 0.3) is 5.91 Å². The predicted octanol–water partition coefficient (Wildman–Crippen LogP) is 5.70. The number of carbonyl (C=O) groups is 2. The van der Waals surface area contributed by atoms with Gasteiger partial charge in [-0.15, -0.1) is 0 Å². The normalized spacial score (nSPS) is 20.9. The van der Waals surface area contributed by atoms with E-state index in [9.17, 15) is 23.1 Å². The second-order valence-electron chi connectivity index (χ2n) is 9.54. The van der Waals surface area contributed by atoms with Crippen LogP contribution in [0, 0.1) is 5.92 Å². The minimum atomic E-state index is -5.08. The van der Waals surface area contributed by atoms with Crippen molar-refractivity contribution in [1.82, 2.24) is 10.3 Å². The number of amides is 1. The summed E-state index contributed by atoms with van der Waals surface area (Å²) in [6.45, 7) is 3.74. The molecule has 0 unspecified atom stereocenters. The van der Waals surface area contributed by atoms with Crippen LogP contribution in [0.5, 0.6) is 0 Å². The molecule has 0 spiro atoms. The molecular formula is C24H30ClF3N2O4. The largest absolute Gasteiger partial charge is 0.490 e. The van der Waals surface area contributed by atoms with E-state index in [1.165, 1.54) is 18.4 Å². The lowest BCUT2D eigenvalue weighted by molar-refractivity contribution is -0.192. The summed E-state index contributed by atoms with van der Waals surface area (Å²) in [7, 11) is 0. The number of carboxylic acids is 1. The number of aromatic nitrogens is 1. The quantitative estimate of drug-likeness (QED) is 0.497. The molecule has 0 atom stereocenters. The molecule has 0 aliphatic heterocycles. The highest BCUT2D eigenvalue weighted by Gasteiger charge is 2.38. The molecule has 34 heavy (non-hydrogen) atoms. The lowest BCUT2D eigenvalue weighted by atomic mass is 9.77. The number of alkyl halides is 3. The van der Waals surface area contributed by atoms with Gasteiger partial charge in [0.1, 0.15) is 0 Å². The van der Waals surface area contributed by atoms with E-state index >= 15 is 0 Å². The molecule has 2 aliphatic rings. The first kappa shape index (κ1) is 26.2. The number of halogens is 4. The second-order valence-corrected chi connectivity index (χ2v) is 9.95. The minimum absolute atomic E-state index is 0. The summed E-state index contributed by atoms with van der Waals surface area (Å²) >= 11 is 6.43. The van der Waals surface area contributed by atoms with E-state index < -0.39 is 17.7 Å². The van der Waals surface area contributed by atoms with Gasteiger partial charge in [-0.25, -0.2) is 4.79 Å². The molecule has 2 aromatic rings. The van der Waals surface area contributed by atoms with Gasteiger partial charge in [-0.1, -0.05) is 11.6 Å². The topological polar surface area (TPSA) is 99.5 Å². The molecule has 2 aliphatic carbocycles. The minimum Gasteiger partial charge on any atom is -0.475 e. The fraction of sp³-hybridized carbons (Fsp3) is 0.542. The van der Waals surface area contributed by atoms with Gasteiger partial charge in [0.15, 0.2) is 0 Å². The van der Waals surface area contributed by atoms with Gasteiger partial charge in [-0.3, -0.25) is 9.78 Å². The van der Waals surface area contributed by atoms with Crippen molar-refractivity contribution in [2.75, 3.05) is 0 Å². The number of nitrogens with zero attached hydrogens (tertiary/aromatic N) is 1. The number of carbonyl (C=O) groups excluding carboxylic acids is 1. The van der Waals surface area contributed by atoms with E-state index in [-0.39, 0.29) is 13.4 Å². The van der Waals surface area contributed by atoms with E-state index in [2.05, 4.69) is 16.4 Å². The second kappa shape index (κ2) is 10.1. The third kappa shape index (κ3) is 6.82. The Labute approximate surface area is 202 Å². The maximum atomic E-state index is 12.7. The molecule has 6 nitrogen and oxygen atoms in total. The highest BCUT2D eigenvalue weighted by molar-refractivity contribution is 6.32. The predicted molar refractivity (Wildman–Crippen MR) is 124 cm³/mol. The molecule has 3 N–H and O–H groups in total. The van der Waals surface area contributed by atoms with Crippen LogP contribution in [-0.2, 0) is 4.79 Å². The zero-order chi connectivity index (χ0) is 25.3. The summed E-state index contributed by atoms with van der Waals surface area (Å²) in [6, 6.07) is 6.04. The molecule has 0 radical (unpaired) electrons. The number of aliphatic hydroxyl groups is 1. The Morgan fingerprint density at radius 1 is 1.09 bits per heavy atom. The van der Waals surface area contributed by atoms with Crippen LogP contribution in [0.2, 0.25) is 5.02 Å². The zero-order valence-electron chi connectivity index (χ0n) is 19.0. The van der Waals surface area contributed by atoms with Crippen molar-refractivity contribution in [3.63, 3.8) is 0 Å². The van der Waals surface area contributed by atoms with E-state index in [1.807, 2.05) is 26.0 Å². The summed E-state index contributed by atoms with van der Waals surface area (Å²) in [5.74, 6) is -1.97. The first-order valence-electron chi connectivity index (χ1n) is 11.2. The number of pyridine rings is 1. The molecule has 1 heterocycles. The highest BCUT2D eigenvalue weighted by atomic mass is 35.5. The standard InChI is InChI=1S/C22H27ClN2O2.C2HF3O2.H2/c1-22(2,27)16-5-7-17(8-6-16)25-21(26)15-9-14-10-19(23)18(13-3-4-13)11-20(14)24-12-15;3-2(4,5)1(6)7;/h9-13,16-17,27H,3-8H2,1-2H3,(H,25,26);(H,6,7);1H. The summed E-state index contributed by atoms with van der Waals surface area (Å²) in [5, 5.41) is 22.1. The van der Waals surface area contributed by atoms with Crippen LogP contribution in [-0.4, -0.2) is 44.9 Å². The van der Waals surface area contributed by atoms with Crippen LogP contribution in [0.1, 0.15) is 75.6 Å². The van der Waals surface area contributed by atoms with E-state index in [1.54, 1.807) is 6.20 Å². The fourth-order valence-electron chi connectivity index (χ4n) is 4.21. The van der Waals surface area contributed by atoms with Crippen molar-refractivity contribution in [3.8, 4) is 0 Å². The Bertz CT molecular complexity index is 1060. The van der Waals surface area contributed by atoms with Crippen LogP contribution in [0.25, 0.3) is 10.9 Å². The molecule has 10 heteroatoms. The van der Waals surface area contributed by atoms with Crippen molar-refractivity contribution < 1.29 is 34.4 Å². The average Bonchev–Trinajstić information content (AvgIpc) is 3.57. The van der Waals surface area contributed by atoms with Gasteiger partial charge in [0, 0.05) is 24.1 Å². The van der Waals surface area contributed by atoms with E-state index in [4.69, 9.17) is 21.5 Å². The molecule has 1 amide bonds. The summed E-state index contributed by atoms with van der Waals surface area (Å²) in [4.78, 5) is 26.1. The highest BCUT2D eigenvalue weighted by Crippen LogP contribution is 2.44. The zero-order valence-corrected chi connectivity index (χ0v) is 19.7. The number of benzene rings is 1. The summed E-state index contributed by atoms with van der Waals surface area (Å²) in [6.07, 6.45) is 2.64. The Morgan fingerprint density at radius 2 is 1.68 bits per heavy atom. The lowest BCUT2D eigenvalue weighted by Crippen LogP contribution is -2.41. The number of hydrogen-bond acceptors (Lipinski definition) is 4.